The maximum absolute atomic E-state index is 11.2. The van der Waals surface area contributed by atoms with Gasteiger partial charge in [0, 0.05) is 23.4 Å². The minimum atomic E-state index is 0.658. The molecule has 0 aliphatic carbocycles. The lowest BCUT2D eigenvalue weighted by molar-refractivity contribution is 0.112. The second-order valence-corrected chi connectivity index (χ2v) is 6.28. The van der Waals surface area contributed by atoms with Crippen molar-refractivity contribution in [2.45, 2.75) is 25.8 Å². The molecule has 0 spiro atoms. The third-order valence-electron chi connectivity index (χ3n) is 3.80. The zero-order valence-electron chi connectivity index (χ0n) is 12.2. The zero-order chi connectivity index (χ0) is 15.4. The second-order valence-electron chi connectivity index (χ2n) is 5.36. The van der Waals surface area contributed by atoms with Crippen LogP contribution in [-0.2, 0) is 13.0 Å². The van der Waals surface area contributed by atoms with Crippen LogP contribution in [-0.4, -0.2) is 15.8 Å². The van der Waals surface area contributed by atoms with Gasteiger partial charge in [-0.15, -0.1) is 0 Å². The van der Waals surface area contributed by atoms with Gasteiger partial charge in [-0.1, -0.05) is 30.3 Å². The number of carbonyl (C=O) groups is 1. The number of aromatic nitrogens is 2. The third-order valence-corrected chi connectivity index (χ3v) is 4.23. The van der Waals surface area contributed by atoms with Gasteiger partial charge >= 0.3 is 0 Å². The van der Waals surface area contributed by atoms with Crippen LogP contribution in [0, 0.1) is 0 Å². The lowest BCUT2D eigenvalue weighted by Gasteiger charge is -2.05. The van der Waals surface area contributed by atoms with Crippen molar-refractivity contribution in [3.05, 3.63) is 64.4 Å². The van der Waals surface area contributed by atoms with Crippen LogP contribution in [0.4, 0.5) is 0 Å². The fourth-order valence-electron chi connectivity index (χ4n) is 2.70. The molecule has 0 radical (unpaired) electrons. The second kappa shape index (κ2) is 6.88. The van der Waals surface area contributed by atoms with Crippen LogP contribution in [0.5, 0.6) is 0 Å². The first kappa shape index (κ1) is 15.0. The van der Waals surface area contributed by atoms with Gasteiger partial charge < -0.3 is 4.57 Å². The van der Waals surface area contributed by atoms with Gasteiger partial charge in [0.1, 0.15) is 0 Å². The number of nitrogens with zero attached hydrogens (tertiary/aromatic N) is 2. The molecule has 0 unspecified atom stereocenters. The highest BCUT2D eigenvalue weighted by atomic mass is 79.9. The molecule has 0 atom stereocenters. The summed E-state index contributed by atoms with van der Waals surface area (Å²) >= 11 is 3.45. The van der Waals surface area contributed by atoms with Gasteiger partial charge in [-0.3, -0.25) is 9.78 Å². The molecule has 0 N–H and O–H groups in total. The van der Waals surface area contributed by atoms with Gasteiger partial charge in [-0.05, 0) is 46.8 Å². The number of hydrogen-bond donors (Lipinski definition) is 0. The molecule has 0 saturated heterocycles. The molecule has 4 heteroatoms. The van der Waals surface area contributed by atoms with E-state index in [0.717, 1.165) is 47.6 Å². The third kappa shape index (κ3) is 3.28. The first-order chi connectivity index (χ1) is 10.8. The molecule has 3 aromatic rings. The van der Waals surface area contributed by atoms with E-state index in [1.165, 1.54) is 5.56 Å². The maximum Gasteiger partial charge on any atom is 0.153 e. The van der Waals surface area contributed by atoms with Crippen molar-refractivity contribution in [1.29, 1.82) is 0 Å². The van der Waals surface area contributed by atoms with Crippen LogP contribution in [0.1, 0.15) is 28.8 Å². The number of pyridine rings is 1. The number of carbonyl (C=O) groups excluding carboxylic acids is 1. The van der Waals surface area contributed by atoms with Crippen molar-refractivity contribution in [2.75, 3.05) is 0 Å². The Bertz CT molecular complexity index is 780. The summed E-state index contributed by atoms with van der Waals surface area (Å²) in [5, 5.41) is 0. The van der Waals surface area contributed by atoms with Crippen molar-refractivity contribution in [2.24, 2.45) is 0 Å². The van der Waals surface area contributed by atoms with Crippen molar-refractivity contribution >= 4 is 33.2 Å². The van der Waals surface area contributed by atoms with Gasteiger partial charge in [0.25, 0.3) is 0 Å². The summed E-state index contributed by atoms with van der Waals surface area (Å²) in [6, 6.07) is 12.5. The number of rotatable bonds is 6. The highest BCUT2D eigenvalue weighted by Crippen LogP contribution is 2.22. The smallest absolute Gasteiger partial charge is 0.153 e. The van der Waals surface area contributed by atoms with Crippen LogP contribution in [0.2, 0.25) is 0 Å². The van der Waals surface area contributed by atoms with Gasteiger partial charge in [0.2, 0.25) is 0 Å². The Labute approximate surface area is 138 Å². The predicted octanol–water partition coefficient (Wildman–Crippen LogP) is 4.63. The fraction of sp³-hybridized carbons (Fsp3) is 0.222. The number of benzene rings is 1. The number of hydrogen-bond acceptors (Lipinski definition) is 2. The molecule has 0 amide bonds. The molecular weight excluding hydrogens is 340 g/mol. The first-order valence-corrected chi connectivity index (χ1v) is 8.21. The van der Waals surface area contributed by atoms with E-state index in [4.69, 9.17) is 0 Å². The molecule has 3 rings (SSSR count). The molecule has 1 aromatic carbocycles. The Morgan fingerprint density at radius 1 is 1.18 bits per heavy atom. The lowest BCUT2D eigenvalue weighted by atomic mass is 10.1. The van der Waals surface area contributed by atoms with Gasteiger partial charge in [0.05, 0.1) is 16.6 Å². The topological polar surface area (TPSA) is 34.9 Å². The molecule has 2 aromatic heterocycles. The van der Waals surface area contributed by atoms with Gasteiger partial charge in [-0.25, -0.2) is 0 Å². The van der Waals surface area contributed by atoms with Crippen molar-refractivity contribution < 1.29 is 4.79 Å². The summed E-state index contributed by atoms with van der Waals surface area (Å²) in [5.74, 6) is 0. The van der Waals surface area contributed by atoms with Gasteiger partial charge in [0.15, 0.2) is 6.29 Å². The van der Waals surface area contributed by atoms with Crippen LogP contribution in [0.15, 0.2) is 53.3 Å². The van der Waals surface area contributed by atoms with Crippen molar-refractivity contribution in [3.63, 3.8) is 0 Å². The molecule has 112 valence electrons. The average Bonchev–Trinajstić information content (AvgIpc) is 2.90. The summed E-state index contributed by atoms with van der Waals surface area (Å²) in [6.07, 6.45) is 7.80. The molecule has 0 fully saturated rings. The molecule has 0 aliphatic rings. The number of aryl methyl sites for hydroxylation is 2. The summed E-state index contributed by atoms with van der Waals surface area (Å²) in [6.45, 7) is 0.898. The van der Waals surface area contributed by atoms with E-state index >= 15 is 0 Å². The van der Waals surface area contributed by atoms with Gasteiger partial charge in [-0.2, -0.15) is 0 Å². The predicted molar refractivity (Wildman–Crippen MR) is 92.2 cm³/mol. The van der Waals surface area contributed by atoms with E-state index in [9.17, 15) is 4.79 Å². The average molecular weight is 357 g/mol. The SMILES string of the molecule is O=Cc1cn(CCCCc2ccccc2)c2cc(Br)cnc12. The lowest BCUT2D eigenvalue weighted by Crippen LogP contribution is -1.97. The van der Waals surface area contributed by atoms with E-state index in [2.05, 4.69) is 49.7 Å². The maximum atomic E-state index is 11.2. The molecule has 3 nitrogen and oxygen atoms in total. The minimum absolute atomic E-state index is 0.658. The summed E-state index contributed by atoms with van der Waals surface area (Å²) in [5.41, 5.74) is 3.82. The molecule has 22 heavy (non-hydrogen) atoms. The Balaban J connectivity index is 1.68. The van der Waals surface area contributed by atoms with E-state index in [1.807, 2.05) is 18.3 Å². The summed E-state index contributed by atoms with van der Waals surface area (Å²) in [7, 11) is 0. The highest BCUT2D eigenvalue weighted by Gasteiger charge is 2.09. The zero-order valence-corrected chi connectivity index (χ0v) is 13.8. The standard InChI is InChI=1S/C18H17BrN2O/c19-16-10-17-18(20-11-16)15(13-22)12-21(17)9-5-4-8-14-6-2-1-3-7-14/h1-3,6-7,10-13H,4-5,8-9H2. The summed E-state index contributed by atoms with van der Waals surface area (Å²) in [4.78, 5) is 15.5. The molecular formula is C18H17BrN2O. The van der Waals surface area contributed by atoms with Crippen LogP contribution in [0.3, 0.4) is 0 Å². The Hall–Kier alpha value is -1.94. The fourth-order valence-corrected chi connectivity index (χ4v) is 3.01. The Morgan fingerprint density at radius 2 is 2.00 bits per heavy atom. The normalized spacial score (nSPS) is 11.0. The van der Waals surface area contributed by atoms with Crippen LogP contribution >= 0.6 is 15.9 Å². The van der Waals surface area contributed by atoms with E-state index in [0.29, 0.717) is 5.56 Å². The number of aldehydes is 1. The highest BCUT2D eigenvalue weighted by molar-refractivity contribution is 9.10. The van der Waals surface area contributed by atoms with E-state index < -0.39 is 0 Å². The van der Waals surface area contributed by atoms with Crippen molar-refractivity contribution in [3.8, 4) is 0 Å². The number of halogens is 1. The molecule has 0 aliphatic heterocycles. The quantitative estimate of drug-likeness (QED) is 0.476. The molecule has 0 saturated carbocycles. The Morgan fingerprint density at radius 3 is 2.77 bits per heavy atom. The van der Waals surface area contributed by atoms with E-state index in [1.54, 1.807) is 6.20 Å². The van der Waals surface area contributed by atoms with Crippen molar-refractivity contribution in [1.82, 2.24) is 9.55 Å². The van der Waals surface area contributed by atoms with E-state index in [-0.39, 0.29) is 0 Å². The van der Waals surface area contributed by atoms with Crippen LogP contribution < -0.4 is 0 Å². The minimum Gasteiger partial charge on any atom is -0.345 e. The number of unbranched alkanes of at least 4 members (excludes halogenated alkanes) is 1. The summed E-state index contributed by atoms with van der Waals surface area (Å²) < 4.78 is 3.06. The Kier molecular flexibility index (Phi) is 4.68. The largest absolute Gasteiger partial charge is 0.345 e. The monoisotopic (exact) mass is 356 g/mol. The first-order valence-electron chi connectivity index (χ1n) is 7.41. The number of fused-ring (bicyclic) bond motifs is 1. The molecule has 2 heterocycles. The molecule has 0 bridgehead atoms. The van der Waals surface area contributed by atoms with Crippen LogP contribution in [0.25, 0.3) is 11.0 Å².